The summed E-state index contributed by atoms with van der Waals surface area (Å²) in [5.74, 6) is 0.872. The van der Waals surface area contributed by atoms with Crippen molar-refractivity contribution in [2.24, 2.45) is 17.6 Å². The van der Waals surface area contributed by atoms with Gasteiger partial charge in [0.25, 0.3) is 0 Å². The van der Waals surface area contributed by atoms with Gasteiger partial charge in [0.2, 0.25) is 5.91 Å². The Morgan fingerprint density at radius 2 is 1.80 bits per heavy atom. The smallest absolute Gasteiger partial charge is 0.226 e. The lowest BCUT2D eigenvalue weighted by Crippen LogP contribution is -2.41. The number of likely N-dealkylation sites (tertiary alicyclic amines) is 2. The van der Waals surface area contributed by atoms with Crippen molar-refractivity contribution in [2.45, 2.75) is 39.2 Å². The molecule has 0 aromatic heterocycles. The van der Waals surface area contributed by atoms with Crippen LogP contribution in [-0.4, -0.2) is 54.5 Å². The minimum absolute atomic E-state index is 0. The fraction of sp³-hybridized carbons (Fsp3) is 0.929. The lowest BCUT2D eigenvalue weighted by Gasteiger charge is -2.24. The van der Waals surface area contributed by atoms with E-state index in [1.807, 2.05) is 18.7 Å². The zero-order valence-corrected chi connectivity index (χ0v) is 14.2. The molecule has 0 spiro atoms. The third-order valence-electron chi connectivity index (χ3n) is 4.49. The van der Waals surface area contributed by atoms with Crippen molar-refractivity contribution in [3.8, 4) is 0 Å². The Bertz CT molecular complexity index is 296. The van der Waals surface area contributed by atoms with Gasteiger partial charge >= 0.3 is 0 Å². The second kappa shape index (κ2) is 9.08. The summed E-state index contributed by atoms with van der Waals surface area (Å²) in [5.41, 5.74) is 5.82. The molecular formula is C14H29Cl2N3O. The number of rotatable bonds is 4. The molecule has 0 aromatic carbocycles. The maximum atomic E-state index is 12.2. The van der Waals surface area contributed by atoms with E-state index in [0.717, 1.165) is 19.5 Å². The van der Waals surface area contributed by atoms with E-state index in [2.05, 4.69) is 4.90 Å². The van der Waals surface area contributed by atoms with Crippen LogP contribution in [0.25, 0.3) is 0 Å². The third-order valence-corrected chi connectivity index (χ3v) is 4.49. The monoisotopic (exact) mass is 325 g/mol. The third kappa shape index (κ3) is 5.06. The van der Waals surface area contributed by atoms with Crippen LogP contribution in [-0.2, 0) is 4.79 Å². The molecule has 120 valence electrons. The molecule has 2 heterocycles. The normalized spacial score (nSPS) is 25.8. The van der Waals surface area contributed by atoms with Crippen molar-refractivity contribution in [3.63, 3.8) is 0 Å². The Morgan fingerprint density at radius 3 is 2.35 bits per heavy atom. The second-order valence-electron chi connectivity index (χ2n) is 6.09. The van der Waals surface area contributed by atoms with E-state index in [1.54, 1.807) is 0 Å². The lowest BCUT2D eigenvalue weighted by atomic mass is 10.0. The highest BCUT2D eigenvalue weighted by Crippen LogP contribution is 2.21. The van der Waals surface area contributed by atoms with Crippen LogP contribution in [0.5, 0.6) is 0 Å². The van der Waals surface area contributed by atoms with Gasteiger partial charge in [-0.15, -0.1) is 24.8 Å². The van der Waals surface area contributed by atoms with Gasteiger partial charge in [0.15, 0.2) is 0 Å². The molecule has 0 radical (unpaired) electrons. The Morgan fingerprint density at radius 1 is 1.20 bits per heavy atom. The number of carbonyl (C=O) groups excluding carboxylic acids is 1. The first-order valence-electron chi connectivity index (χ1n) is 7.34. The van der Waals surface area contributed by atoms with Gasteiger partial charge in [-0.1, -0.05) is 6.92 Å². The van der Waals surface area contributed by atoms with Gasteiger partial charge in [-0.25, -0.2) is 0 Å². The van der Waals surface area contributed by atoms with E-state index in [-0.39, 0.29) is 42.7 Å². The summed E-state index contributed by atoms with van der Waals surface area (Å²) in [6.45, 7) is 9.40. The first-order chi connectivity index (χ1) is 8.58. The maximum Gasteiger partial charge on any atom is 0.226 e. The molecule has 0 aliphatic carbocycles. The predicted molar refractivity (Wildman–Crippen MR) is 87.7 cm³/mol. The van der Waals surface area contributed by atoms with Crippen molar-refractivity contribution >= 4 is 30.7 Å². The SMILES string of the molecule is CC(N)C(C)C(=O)N1CCC(CN2CCCC2)C1.Cl.Cl. The van der Waals surface area contributed by atoms with Gasteiger partial charge in [0, 0.05) is 25.7 Å². The number of hydrogen-bond acceptors (Lipinski definition) is 3. The molecule has 4 nitrogen and oxygen atoms in total. The molecule has 2 fully saturated rings. The fourth-order valence-electron chi connectivity index (χ4n) is 3.03. The highest BCUT2D eigenvalue weighted by molar-refractivity contribution is 5.85. The van der Waals surface area contributed by atoms with Gasteiger partial charge in [0.1, 0.15) is 0 Å². The Balaban J connectivity index is 0.00000180. The van der Waals surface area contributed by atoms with Crippen molar-refractivity contribution < 1.29 is 4.79 Å². The largest absolute Gasteiger partial charge is 0.342 e. The van der Waals surface area contributed by atoms with Crippen LogP contribution < -0.4 is 5.73 Å². The first-order valence-corrected chi connectivity index (χ1v) is 7.34. The summed E-state index contributed by atoms with van der Waals surface area (Å²) in [7, 11) is 0. The van der Waals surface area contributed by atoms with Gasteiger partial charge in [0.05, 0.1) is 5.92 Å². The molecule has 0 aromatic rings. The zero-order chi connectivity index (χ0) is 13.1. The first kappa shape index (κ1) is 20.0. The van der Waals surface area contributed by atoms with Crippen molar-refractivity contribution in [1.29, 1.82) is 0 Å². The molecule has 0 saturated carbocycles. The van der Waals surface area contributed by atoms with E-state index in [1.165, 1.54) is 32.5 Å². The minimum atomic E-state index is -0.0462. The number of amides is 1. The van der Waals surface area contributed by atoms with Crippen LogP contribution >= 0.6 is 24.8 Å². The molecule has 2 saturated heterocycles. The molecule has 20 heavy (non-hydrogen) atoms. The summed E-state index contributed by atoms with van der Waals surface area (Å²) in [4.78, 5) is 16.8. The zero-order valence-electron chi connectivity index (χ0n) is 12.6. The minimum Gasteiger partial charge on any atom is -0.342 e. The highest BCUT2D eigenvalue weighted by atomic mass is 35.5. The molecule has 0 bridgehead atoms. The van der Waals surface area contributed by atoms with Gasteiger partial charge in [-0.3, -0.25) is 4.79 Å². The summed E-state index contributed by atoms with van der Waals surface area (Å²) in [6.07, 6.45) is 3.85. The van der Waals surface area contributed by atoms with Crippen LogP contribution in [0.15, 0.2) is 0 Å². The summed E-state index contributed by atoms with van der Waals surface area (Å²) in [6, 6.07) is -0.0462. The van der Waals surface area contributed by atoms with Crippen LogP contribution in [0.4, 0.5) is 0 Å². The van der Waals surface area contributed by atoms with E-state index >= 15 is 0 Å². The molecule has 2 aliphatic rings. The number of nitrogens with zero attached hydrogens (tertiary/aromatic N) is 2. The summed E-state index contributed by atoms with van der Waals surface area (Å²) < 4.78 is 0. The van der Waals surface area contributed by atoms with E-state index in [9.17, 15) is 4.79 Å². The molecule has 1 amide bonds. The van der Waals surface area contributed by atoms with E-state index in [4.69, 9.17) is 5.73 Å². The Hall–Kier alpha value is -0.0300. The average Bonchev–Trinajstić information content (AvgIpc) is 2.99. The Kier molecular flexibility index (Phi) is 9.07. The topological polar surface area (TPSA) is 49.6 Å². The van der Waals surface area contributed by atoms with Crippen LogP contribution in [0.3, 0.4) is 0 Å². The van der Waals surface area contributed by atoms with Crippen molar-refractivity contribution in [2.75, 3.05) is 32.7 Å². The average molecular weight is 326 g/mol. The number of halogens is 2. The number of hydrogen-bond donors (Lipinski definition) is 1. The summed E-state index contributed by atoms with van der Waals surface area (Å²) in [5, 5.41) is 0. The molecule has 3 unspecified atom stereocenters. The van der Waals surface area contributed by atoms with E-state index in [0.29, 0.717) is 5.92 Å². The molecule has 2 rings (SSSR count). The van der Waals surface area contributed by atoms with Gasteiger partial charge in [-0.2, -0.15) is 0 Å². The quantitative estimate of drug-likeness (QED) is 0.856. The summed E-state index contributed by atoms with van der Waals surface area (Å²) >= 11 is 0. The molecule has 3 atom stereocenters. The molecule has 2 aliphatic heterocycles. The van der Waals surface area contributed by atoms with Crippen molar-refractivity contribution in [1.82, 2.24) is 9.80 Å². The predicted octanol–water partition coefficient (Wildman–Crippen LogP) is 1.76. The van der Waals surface area contributed by atoms with Crippen LogP contribution in [0, 0.1) is 11.8 Å². The van der Waals surface area contributed by atoms with E-state index < -0.39 is 0 Å². The maximum absolute atomic E-state index is 12.2. The molecular weight excluding hydrogens is 297 g/mol. The highest BCUT2D eigenvalue weighted by Gasteiger charge is 2.31. The second-order valence-corrected chi connectivity index (χ2v) is 6.09. The molecule has 6 heteroatoms. The Labute approximate surface area is 135 Å². The van der Waals surface area contributed by atoms with Crippen LogP contribution in [0.2, 0.25) is 0 Å². The molecule has 2 N–H and O–H groups in total. The van der Waals surface area contributed by atoms with Crippen LogP contribution in [0.1, 0.15) is 33.1 Å². The number of nitrogens with two attached hydrogens (primary N) is 1. The fourth-order valence-corrected chi connectivity index (χ4v) is 3.03. The van der Waals surface area contributed by atoms with Gasteiger partial charge < -0.3 is 15.5 Å². The standard InChI is InChI=1S/C14H27N3O.2ClH/c1-11(12(2)15)14(18)17-8-5-13(10-17)9-16-6-3-4-7-16;;/h11-13H,3-10,15H2,1-2H3;2*1H. The number of carbonyl (C=O) groups is 1. The lowest BCUT2D eigenvalue weighted by molar-refractivity contribution is -0.134. The van der Waals surface area contributed by atoms with Crippen molar-refractivity contribution in [3.05, 3.63) is 0 Å². The van der Waals surface area contributed by atoms with Gasteiger partial charge in [-0.05, 0) is 45.2 Å².